The van der Waals surface area contributed by atoms with Crippen molar-refractivity contribution in [1.29, 1.82) is 0 Å². The summed E-state index contributed by atoms with van der Waals surface area (Å²) in [6.07, 6.45) is 0.622. The molecule has 1 aromatic rings. The molecular formula is C8H15N3O2S2. The van der Waals surface area contributed by atoms with Gasteiger partial charge >= 0.3 is 0 Å². The van der Waals surface area contributed by atoms with Crippen molar-refractivity contribution in [1.82, 2.24) is 9.71 Å². The Morgan fingerprint density at radius 1 is 1.53 bits per heavy atom. The average Bonchev–Trinajstić information content (AvgIpc) is 2.66. The zero-order valence-electron chi connectivity index (χ0n) is 8.78. The van der Waals surface area contributed by atoms with Crippen LogP contribution in [0.1, 0.15) is 12.6 Å². The number of anilines is 1. The number of hydrogen-bond donors (Lipinski definition) is 2. The van der Waals surface area contributed by atoms with Crippen LogP contribution in [0.15, 0.2) is 5.38 Å². The quantitative estimate of drug-likeness (QED) is 0.777. The second-order valence-corrected chi connectivity index (χ2v) is 5.90. The number of rotatable bonds is 6. The molecule has 1 aromatic heterocycles. The van der Waals surface area contributed by atoms with Gasteiger partial charge in [0.25, 0.3) is 0 Å². The van der Waals surface area contributed by atoms with E-state index in [0.717, 1.165) is 10.8 Å². The first-order valence-electron chi connectivity index (χ1n) is 4.67. The lowest BCUT2D eigenvalue weighted by Gasteiger charge is -2.01. The van der Waals surface area contributed by atoms with E-state index < -0.39 is 10.0 Å². The number of nitrogens with zero attached hydrogens (tertiary/aromatic N) is 1. The SMILES string of the molecule is CCS(=O)(=O)NCCc1csc(NC)n1. The molecule has 1 heterocycles. The van der Waals surface area contributed by atoms with E-state index in [1.165, 1.54) is 11.3 Å². The maximum Gasteiger partial charge on any atom is 0.211 e. The van der Waals surface area contributed by atoms with E-state index >= 15 is 0 Å². The molecule has 0 amide bonds. The molecule has 1 rings (SSSR count). The maximum atomic E-state index is 11.1. The van der Waals surface area contributed by atoms with Crippen LogP contribution in [0.5, 0.6) is 0 Å². The van der Waals surface area contributed by atoms with Gasteiger partial charge in [0, 0.05) is 25.4 Å². The summed E-state index contributed by atoms with van der Waals surface area (Å²) in [6, 6.07) is 0. The Kier molecular flexibility index (Phi) is 4.49. The largest absolute Gasteiger partial charge is 0.365 e. The predicted octanol–water partition coefficient (Wildman–Crippen LogP) is 0.667. The van der Waals surface area contributed by atoms with E-state index in [4.69, 9.17) is 0 Å². The van der Waals surface area contributed by atoms with Crippen LogP contribution in [0.2, 0.25) is 0 Å². The Labute approximate surface area is 94.0 Å². The van der Waals surface area contributed by atoms with Crippen molar-refractivity contribution >= 4 is 26.5 Å². The third kappa shape index (κ3) is 4.15. The van der Waals surface area contributed by atoms with Gasteiger partial charge in [-0.2, -0.15) is 0 Å². The van der Waals surface area contributed by atoms with Crippen LogP contribution in [-0.2, 0) is 16.4 Å². The normalized spacial score (nSPS) is 11.6. The fraction of sp³-hybridized carbons (Fsp3) is 0.625. The molecule has 0 spiro atoms. The van der Waals surface area contributed by atoms with Crippen molar-refractivity contribution in [2.75, 3.05) is 24.7 Å². The van der Waals surface area contributed by atoms with Gasteiger partial charge < -0.3 is 5.32 Å². The fourth-order valence-electron chi connectivity index (χ4n) is 0.973. The summed E-state index contributed by atoms with van der Waals surface area (Å²) < 4.78 is 24.7. The number of hydrogen-bond acceptors (Lipinski definition) is 5. The van der Waals surface area contributed by atoms with Crippen LogP contribution < -0.4 is 10.0 Å². The Morgan fingerprint density at radius 2 is 2.27 bits per heavy atom. The summed E-state index contributed by atoms with van der Waals surface area (Å²) in [6.45, 7) is 2.02. The Bertz CT molecular complexity index is 400. The average molecular weight is 249 g/mol. The van der Waals surface area contributed by atoms with Gasteiger partial charge in [0.1, 0.15) is 0 Å². The number of nitrogens with one attached hydrogen (secondary N) is 2. The molecule has 0 saturated carbocycles. The number of thiazole rings is 1. The van der Waals surface area contributed by atoms with Crippen LogP contribution in [0.4, 0.5) is 5.13 Å². The van der Waals surface area contributed by atoms with Crippen molar-refractivity contribution in [2.45, 2.75) is 13.3 Å². The van der Waals surface area contributed by atoms with Gasteiger partial charge in [-0.25, -0.2) is 18.1 Å². The molecule has 7 heteroatoms. The third-order valence-corrected chi connectivity index (χ3v) is 4.16. The van der Waals surface area contributed by atoms with Gasteiger partial charge in [0.2, 0.25) is 10.0 Å². The molecular weight excluding hydrogens is 234 g/mol. The molecule has 0 aromatic carbocycles. The smallest absolute Gasteiger partial charge is 0.211 e. The summed E-state index contributed by atoms with van der Waals surface area (Å²) in [5.41, 5.74) is 0.906. The number of aromatic nitrogens is 1. The lowest BCUT2D eigenvalue weighted by Crippen LogP contribution is -2.27. The van der Waals surface area contributed by atoms with Crippen molar-refractivity contribution < 1.29 is 8.42 Å². The highest BCUT2D eigenvalue weighted by Gasteiger charge is 2.06. The van der Waals surface area contributed by atoms with Crippen molar-refractivity contribution in [3.8, 4) is 0 Å². The summed E-state index contributed by atoms with van der Waals surface area (Å²) in [5, 5.41) is 5.71. The van der Waals surface area contributed by atoms with Crippen LogP contribution in [-0.4, -0.2) is 32.7 Å². The van der Waals surface area contributed by atoms with Crippen LogP contribution in [0, 0.1) is 0 Å². The zero-order chi connectivity index (χ0) is 11.3. The fourth-order valence-corrected chi connectivity index (χ4v) is 2.30. The van der Waals surface area contributed by atoms with E-state index in [1.54, 1.807) is 6.92 Å². The Balaban J connectivity index is 2.38. The van der Waals surface area contributed by atoms with Gasteiger partial charge in [-0.3, -0.25) is 0 Å². The van der Waals surface area contributed by atoms with Crippen LogP contribution in [0.3, 0.4) is 0 Å². The first-order valence-corrected chi connectivity index (χ1v) is 7.20. The van der Waals surface area contributed by atoms with E-state index in [2.05, 4.69) is 15.0 Å². The molecule has 0 aliphatic heterocycles. The Morgan fingerprint density at radius 3 is 2.80 bits per heavy atom. The summed E-state index contributed by atoms with van der Waals surface area (Å²) >= 11 is 1.51. The molecule has 2 N–H and O–H groups in total. The molecule has 0 bridgehead atoms. The molecule has 0 radical (unpaired) electrons. The highest BCUT2D eigenvalue weighted by atomic mass is 32.2. The van der Waals surface area contributed by atoms with E-state index in [0.29, 0.717) is 13.0 Å². The highest BCUT2D eigenvalue weighted by Crippen LogP contribution is 2.14. The monoisotopic (exact) mass is 249 g/mol. The minimum Gasteiger partial charge on any atom is -0.365 e. The van der Waals surface area contributed by atoms with Crippen LogP contribution >= 0.6 is 11.3 Å². The van der Waals surface area contributed by atoms with Gasteiger partial charge in [-0.05, 0) is 6.92 Å². The summed E-state index contributed by atoms with van der Waals surface area (Å²) in [7, 11) is -1.27. The van der Waals surface area contributed by atoms with Gasteiger partial charge in [-0.1, -0.05) is 0 Å². The molecule has 0 unspecified atom stereocenters. The van der Waals surface area contributed by atoms with Gasteiger partial charge in [0.05, 0.1) is 11.4 Å². The van der Waals surface area contributed by atoms with E-state index in [-0.39, 0.29) is 5.75 Å². The van der Waals surface area contributed by atoms with E-state index in [1.807, 2.05) is 12.4 Å². The maximum absolute atomic E-state index is 11.1. The Hall–Kier alpha value is -0.660. The minimum atomic E-state index is -3.08. The van der Waals surface area contributed by atoms with Crippen molar-refractivity contribution in [3.63, 3.8) is 0 Å². The third-order valence-electron chi connectivity index (χ3n) is 1.85. The number of sulfonamides is 1. The molecule has 0 aliphatic carbocycles. The zero-order valence-corrected chi connectivity index (χ0v) is 10.4. The van der Waals surface area contributed by atoms with Crippen LogP contribution in [0.25, 0.3) is 0 Å². The molecule has 0 aliphatic rings. The predicted molar refractivity (Wildman–Crippen MR) is 62.8 cm³/mol. The standard InChI is InChI=1S/C8H15N3O2S2/c1-3-15(12,13)10-5-4-7-6-14-8(9-2)11-7/h6,10H,3-5H2,1-2H3,(H,9,11). The second kappa shape index (κ2) is 5.43. The summed E-state index contributed by atoms with van der Waals surface area (Å²) in [4.78, 5) is 4.25. The van der Waals surface area contributed by atoms with Gasteiger partial charge in [-0.15, -0.1) is 11.3 Å². The van der Waals surface area contributed by atoms with Gasteiger partial charge in [0.15, 0.2) is 5.13 Å². The molecule has 5 nitrogen and oxygen atoms in total. The van der Waals surface area contributed by atoms with Crippen molar-refractivity contribution in [3.05, 3.63) is 11.1 Å². The first kappa shape index (κ1) is 12.4. The highest BCUT2D eigenvalue weighted by molar-refractivity contribution is 7.89. The minimum absolute atomic E-state index is 0.117. The summed E-state index contributed by atoms with van der Waals surface area (Å²) in [5.74, 6) is 0.117. The molecule has 15 heavy (non-hydrogen) atoms. The lowest BCUT2D eigenvalue weighted by molar-refractivity contribution is 0.582. The first-order chi connectivity index (χ1) is 7.07. The lowest BCUT2D eigenvalue weighted by atomic mass is 10.3. The molecule has 0 fully saturated rings. The topological polar surface area (TPSA) is 71.1 Å². The van der Waals surface area contributed by atoms with E-state index in [9.17, 15) is 8.42 Å². The molecule has 0 saturated heterocycles. The molecule has 0 atom stereocenters. The second-order valence-electron chi connectivity index (χ2n) is 2.94. The van der Waals surface area contributed by atoms with Crippen molar-refractivity contribution in [2.24, 2.45) is 0 Å². The molecule has 86 valence electrons.